The number of hydrogen-bond acceptors (Lipinski definition) is 6. The minimum absolute atomic E-state index is 0.147. The molecule has 0 saturated heterocycles. The van der Waals surface area contributed by atoms with Crippen LogP contribution in [0.4, 0.5) is 5.69 Å². The largest absolute Gasteiger partial charge is 0.497 e. The lowest BCUT2D eigenvalue weighted by molar-refractivity contribution is -0.121. The van der Waals surface area contributed by atoms with Crippen LogP contribution in [-0.2, 0) is 14.8 Å². The van der Waals surface area contributed by atoms with E-state index in [1.165, 1.54) is 11.4 Å². The maximum Gasteiger partial charge on any atom is 0.232 e. The van der Waals surface area contributed by atoms with Crippen LogP contribution in [0.1, 0.15) is 37.8 Å². The van der Waals surface area contributed by atoms with Crippen molar-refractivity contribution < 1.29 is 27.4 Å². The molecule has 0 aliphatic rings. The molecular weight excluding hydrogens is 432 g/mol. The molecule has 2 aromatic rings. The number of nitrogens with zero attached hydrogens (tertiary/aromatic N) is 1. The average Bonchev–Trinajstić information content (AvgIpc) is 2.78. The summed E-state index contributed by atoms with van der Waals surface area (Å²) >= 11 is 0. The molecule has 0 fully saturated rings. The van der Waals surface area contributed by atoms with Crippen LogP contribution in [0.3, 0.4) is 0 Å². The van der Waals surface area contributed by atoms with E-state index in [1.54, 1.807) is 44.6 Å². The number of carbonyl (C=O) groups excluding carboxylic acids is 1. The number of rotatable bonds is 12. The zero-order valence-electron chi connectivity index (χ0n) is 19.3. The van der Waals surface area contributed by atoms with Crippen molar-refractivity contribution in [3.63, 3.8) is 0 Å². The Labute approximate surface area is 190 Å². The maximum absolute atomic E-state index is 12.6. The predicted molar refractivity (Wildman–Crippen MR) is 125 cm³/mol. The van der Waals surface area contributed by atoms with Crippen LogP contribution in [0.2, 0.25) is 0 Å². The summed E-state index contributed by atoms with van der Waals surface area (Å²) < 4.78 is 41.7. The van der Waals surface area contributed by atoms with Crippen LogP contribution >= 0.6 is 0 Å². The molecule has 1 atom stereocenters. The van der Waals surface area contributed by atoms with E-state index in [0.29, 0.717) is 35.8 Å². The molecule has 0 spiro atoms. The number of methoxy groups -OCH3 is 3. The fourth-order valence-corrected chi connectivity index (χ4v) is 4.35. The molecule has 0 aromatic heterocycles. The van der Waals surface area contributed by atoms with Crippen LogP contribution in [0, 0.1) is 0 Å². The summed E-state index contributed by atoms with van der Waals surface area (Å²) in [6.07, 6.45) is 2.41. The van der Waals surface area contributed by atoms with Crippen molar-refractivity contribution in [2.45, 2.75) is 32.2 Å². The molecule has 0 aliphatic heterocycles. The zero-order valence-corrected chi connectivity index (χ0v) is 20.1. The molecule has 176 valence electrons. The summed E-state index contributed by atoms with van der Waals surface area (Å²) in [4.78, 5) is 12.6. The minimum Gasteiger partial charge on any atom is -0.497 e. The van der Waals surface area contributed by atoms with Crippen LogP contribution in [-0.4, -0.2) is 48.5 Å². The first-order valence-corrected chi connectivity index (χ1v) is 12.2. The SMILES string of the molecule is CCC(NC(=O)CCCN(c1cccc(OC)c1)S(C)(=O)=O)c1ccc(OC)c(OC)c1. The first-order chi connectivity index (χ1) is 15.2. The summed E-state index contributed by atoms with van der Waals surface area (Å²) in [5.74, 6) is 1.64. The third-order valence-electron chi connectivity index (χ3n) is 5.06. The lowest BCUT2D eigenvalue weighted by atomic mass is 10.0. The molecule has 0 bridgehead atoms. The highest BCUT2D eigenvalue weighted by atomic mass is 32.2. The van der Waals surface area contributed by atoms with Gasteiger partial charge in [-0.2, -0.15) is 0 Å². The van der Waals surface area contributed by atoms with Gasteiger partial charge in [0.2, 0.25) is 15.9 Å². The van der Waals surface area contributed by atoms with Crippen molar-refractivity contribution in [1.82, 2.24) is 5.32 Å². The Hall–Kier alpha value is -2.94. The van der Waals surface area contributed by atoms with Crippen LogP contribution < -0.4 is 23.8 Å². The molecule has 32 heavy (non-hydrogen) atoms. The topological polar surface area (TPSA) is 94.2 Å². The maximum atomic E-state index is 12.6. The normalized spacial score (nSPS) is 12.0. The Morgan fingerprint density at radius 3 is 2.34 bits per heavy atom. The van der Waals surface area contributed by atoms with Crippen molar-refractivity contribution in [2.24, 2.45) is 0 Å². The monoisotopic (exact) mass is 464 g/mol. The van der Waals surface area contributed by atoms with Gasteiger partial charge in [-0.15, -0.1) is 0 Å². The second-order valence-corrected chi connectivity index (χ2v) is 9.19. The number of nitrogens with one attached hydrogen (secondary N) is 1. The van der Waals surface area contributed by atoms with Crippen molar-refractivity contribution in [1.29, 1.82) is 0 Å². The van der Waals surface area contributed by atoms with E-state index in [0.717, 1.165) is 11.8 Å². The highest BCUT2D eigenvalue weighted by Gasteiger charge is 2.19. The van der Waals surface area contributed by atoms with Crippen molar-refractivity contribution in [3.8, 4) is 17.2 Å². The molecule has 0 saturated carbocycles. The van der Waals surface area contributed by atoms with E-state index in [2.05, 4.69) is 5.32 Å². The Kier molecular flexibility index (Phi) is 9.19. The van der Waals surface area contributed by atoms with Crippen molar-refractivity contribution in [2.75, 3.05) is 38.4 Å². The lowest BCUT2D eigenvalue weighted by Crippen LogP contribution is -2.33. The number of benzene rings is 2. The van der Waals surface area contributed by atoms with E-state index in [-0.39, 0.29) is 24.9 Å². The van der Waals surface area contributed by atoms with Crippen LogP contribution in [0.15, 0.2) is 42.5 Å². The molecule has 9 heteroatoms. The Morgan fingerprint density at radius 2 is 1.75 bits per heavy atom. The third-order valence-corrected chi connectivity index (χ3v) is 6.25. The van der Waals surface area contributed by atoms with Gasteiger partial charge in [0.05, 0.1) is 39.3 Å². The molecule has 2 rings (SSSR count). The molecule has 1 unspecified atom stereocenters. The van der Waals surface area contributed by atoms with Crippen molar-refractivity contribution >= 4 is 21.6 Å². The molecular formula is C23H32N2O6S. The summed E-state index contributed by atoms with van der Waals surface area (Å²) in [5, 5.41) is 3.02. The summed E-state index contributed by atoms with van der Waals surface area (Å²) in [5.41, 5.74) is 1.41. The second kappa shape index (κ2) is 11.6. The first kappa shape index (κ1) is 25.3. The van der Waals surface area contributed by atoms with Crippen molar-refractivity contribution in [3.05, 3.63) is 48.0 Å². The highest BCUT2D eigenvalue weighted by molar-refractivity contribution is 7.92. The van der Waals surface area contributed by atoms with Gasteiger partial charge in [0.15, 0.2) is 11.5 Å². The number of anilines is 1. The van der Waals surface area contributed by atoms with Gasteiger partial charge < -0.3 is 19.5 Å². The standard InChI is InChI=1S/C23H32N2O6S/c1-6-20(17-12-13-21(30-3)22(15-17)31-4)24-23(26)11-8-14-25(32(5,27)28)18-9-7-10-19(16-18)29-2/h7,9-10,12-13,15-16,20H,6,8,11,14H2,1-5H3,(H,24,26). The number of ether oxygens (including phenoxy) is 3. The van der Waals surface area contributed by atoms with Crippen LogP contribution in [0.5, 0.6) is 17.2 Å². The van der Waals surface area contributed by atoms with Crippen LogP contribution in [0.25, 0.3) is 0 Å². The molecule has 1 amide bonds. The number of sulfonamides is 1. The summed E-state index contributed by atoms with van der Waals surface area (Å²) in [6.45, 7) is 2.17. The van der Waals surface area contributed by atoms with Gasteiger partial charge in [0, 0.05) is 19.0 Å². The molecule has 2 aromatic carbocycles. The molecule has 0 radical (unpaired) electrons. The zero-order chi connectivity index (χ0) is 23.7. The van der Waals surface area contributed by atoms with Gasteiger partial charge in [-0.3, -0.25) is 9.10 Å². The van der Waals surface area contributed by atoms with Gasteiger partial charge in [0.25, 0.3) is 0 Å². The molecule has 1 N–H and O–H groups in total. The number of hydrogen-bond donors (Lipinski definition) is 1. The molecule has 8 nitrogen and oxygen atoms in total. The smallest absolute Gasteiger partial charge is 0.232 e. The van der Waals surface area contributed by atoms with E-state index in [4.69, 9.17) is 14.2 Å². The highest BCUT2D eigenvalue weighted by Crippen LogP contribution is 2.31. The number of amides is 1. The van der Waals surface area contributed by atoms with E-state index < -0.39 is 10.0 Å². The quantitative estimate of drug-likeness (QED) is 0.517. The Bertz CT molecular complexity index is 1010. The molecule has 0 heterocycles. The van der Waals surface area contributed by atoms with E-state index in [1.807, 2.05) is 19.1 Å². The van der Waals surface area contributed by atoms with Gasteiger partial charge >= 0.3 is 0 Å². The first-order valence-electron chi connectivity index (χ1n) is 10.4. The van der Waals surface area contributed by atoms with E-state index >= 15 is 0 Å². The lowest BCUT2D eigenvalue weighted by Gasteiger charge is -2.23. The minimum atomic E-state index is -3.51. The predicted octanol–water partition coefficient (Wildman–Crippen LogP) is 3.53. The van der Waals surface area contributed by atoms with E-state index in [9.17, 15) is 13.2 Å². The Balaban J connectivity index is 2.02. The van der Waals surface area contributed by atoms with Gasteiger partial charge in [-0.05, 0) is 42.7 Å². The fourth-order valence-electron chi connectivity index (χ4n) is 3.39. The third kappa shape index (κ3) is 6.78. The number of carbonyl (C=O) groups is 1. The fraction of sp³-hybridized carbons (Fsp3) is 0.435. The van der Waals surface area contributed by atoms with Gasteiger partial charge in [-0.1, -0.05) is 19.1 Å². The average molecular weight is 465 g/mol. The molecule has 0 aliphatic carbocycles. The van der Waals surface area contributed by atoms with Gasteiger partial charge in [0.1, 0.15) is 5.75 Å². The summed E-state index contributed by atoms with van der Waals surface area (Å²) in [6, 6.07) is 12.2. The Morgan fingerprint density at radius 1 is 1.03 bits per heavy atom. The van der Waals surface area contributed by atoms with Gasteiger partial charge in [-0.25, -0.2) is 8.42 Å². The summed E-state index contributed by atoms with van der Waals surface area (Å²) in [7, 11) is 1.16. The second-order valence-electron chi connectivity index (χ2n) is 7.28.